The van der Waals surface area contributed by atoms with E-state index in [-0.39, 0.29) is 0 Å². The van der Waals surface area contributed by atoms with Crippen LogP contribution in [0.2, 0.25) is 0 Å². The highest BCUT2D eigenvalue weighted by atomic mass is 16.2. The number of hydrogen-bond donors (Lipinski definition) is 1. The number of amides is 2. The number of nitrogens with zero attached hydrogens (tertiary/aromatic N) is 3. The van der Waals surface area contributed by atoms with E-state index in [0.717, 1.165) is 0 Å². The van der Waals surface area contributed by atoms with Crippen LogP contribution in [0.3, 0.4) is 0 Å². The van der Waals surface area contributed by atoms with Gasteiger partial charge in [-0.1, -0.05) is 0 Å². The van der Waals surface area contributed by atoms with Crippen LogP contribution in [0.4, 0.5) is 10.5 Å². The monoisotopic (exact) mass is 228 g/mol. The lowest BCUT2D eigenvalue weighted by Gasteiger charge is -1.99. The molecule has 2 heterocycles. The van der Waals surface area contributed by atoms with Gasteiger partial charge < -0.3 is 9.88 Å². The molecule has 2 aromatic rings. The zero-order chi connectivity index (χ0) is 12.1. The number of hydrogen-bond acceptors (Lipinski definition) is 2. The van der Waals surface area contributed by atoms with Gasteiger partial charge in [-0.3, -0.25) is 4.98 Å². The summed E-state index contributed by atoms with van der Waals surface area (Å²) in [4.78, 5) is 19.3. The SMILES string of the molecule is Cn1ccc(=NC(=O)Nc2ccncc2)cc1. The van der Waals surface area contributed by atoms with Gasteiger partial charge in [0.1, 0.15) is 0 Å². The predicted octanol–water partition coefficient (Wildman–Crippen LogP) is 1.55. The highest BCUT2D eigenvalue weighted by Crippen LogP contribution is 2.02. The molecule has 0 spiro atoms. The third-order valence-corrected chi connectivity index (χ3v) is 2.12. The zero-order valence-electron chi connectivity index (χ0n) is 9.37. The van der Waals surface area contributed by atoms with Crippen LogP contribution in [0, 0.1) is 0 Å². The zero-order valence-corrected chi connectivity index (χ0v) is 9.37. The number of pyridine rings is 2. The number of anilines is 1. The molecule has 5 heteroatoms. The van der Waals surface area contributed by atoms with E-state index in [1.54, 1.807) is 36.7 Å². The van der Waals surface area contributed by atoms with E-state index in [0.29, 0.717) is 11.0 Å². The number of rotatable bonds is 1. The van der Waals surface area contributed by atoms with Crippen molar-refractivity contribution < 1.29 is 4.79 Å². The van der Waals surface area contributed by atoms with Gasteiger partial charge in [-0.2, -0.15) is 4.99 Å². The molecule has 2 rings (SSSR count). The van der Waals surface area contributed by atoms with E-state index >= 15 is 0 Å². The summed E-state index contributed by atoms with van der Waals surface area (Å²) < 4.78 is 1.87. The Kier molecular flexibility index (Phi) is 3.30. The average molecular weight is 228 g/mol. The van der Waals surface area contributed by atoms with Crippen molar-refractivity contribution in [1.82, 2.24) is 9.55 Å². The largest absolute Gasteiger partial charge is 0.357 e. The second kappa shape index (κ2) is 5.07. The van der Waals surface area contributed by atoms with Gasteiger partial charge in [0.15, 0.2) is 0 Å². The van der Waals surface area contributed by atoms with Crippen LogP contribution >= 0.6 is 0 Å². The topological polar surface area (TPSA) is 59.3 Å². The molecule has 0 aliphatic carbocycles. The van der Waals surface area contributed by atoms with Crippen molar-refractivity contribution in [1.29, 1.82) is 0 Å². The third-order valence-electron chi connectivity index (χ3n) is 2.12. The Morgan fingerprint density at radius 2 is 1.88 bits per heavy atom. The lowest BCUT2D eigenvalue weighted by molar-refractivity contribution is 0.259. The normalized spacial score (nSPS) is 9.71. The van der Waals surface area contributed by atoms with Crippen molar-refractivity contribution in [2.75, 3.05) is 5.32 Å². The first-order valence-corrected chi connectivity index (χ1v) is 5.12. The van der Waals surface area contributed by atoms with Gasteiger partial charge >= 0.3 is 6.03 Å². The van der Waals surface area contributed by atoms with E-state index in [1.807, 2.05) is 24.0 Å². The summed E-state index contributed by atoms with van der Waals surface area (Å²) in [5.41, 5.74) is 0.676. The molecule has 5 nitrogen and oxygen atoms in total. The Bertz CT molecular complexity index is 554. The van der Waals surface area contributed by atoms with Crippen LogP contribution in [-0.4, -0.2) is 15.6 Å². The summed E-state index contributed by atoms with van der Waals surface area (Å²) in [5.74, 6) is 0. The molecule has 0 aliphatic heterocycles. The van der Waals surface area contributed by atoms with Crippen molar-refractivity contribution in [3.8, 4) is 0 Å². The fraction of sp³-hybridized carbons (Fsp3) is 0.0833. The van der Waals surface area contributed by atoms with Crippen LogP contribution < -0.4 is 10.7 Å². The molecule has 0 aromatic carbocycles. The molecule has 1 N–H and O–H groups in total. The first-order valence-electron chi connectivity index (χ1n) is 5.12. The van der Waals surface area contributed by atoms with Gasteiger partial charge in [-0.25, -0.2) is 4.79 Å². The molecule has 0 aliphatic rings. The van der Waals surface area contributed by atoms with E-state index in [9.17, 15) is 4.79 Å². The van der Waals surface area contributed by atoms with E-state index in [2.05, 4.69) is 15.3 Å². The Morgan fingerprint density at radius 3 is 2.53 bits per heavy atom. The van der Waals surface area contributed by atoms with Crippen molar-refractivity contribution in [2.24, 2.45) is 12.0 Å². The van der Waals surface area contributed by atoms with Crippen LogP contribution in [0.1, 0.15) is 0 Å². The number of carbonyl (C=O) groups is 1. The summed E-state index contributed by atoms with van der Waals surface area (Å²) in [6.45, 7) is 0. The van der Waals surface area contributed by atoms with Crippen LogP contribution in [0.25, 0.3) is 0 Å². The number of aromatic nitrogens is 2. The summed E-state index contributed by atoms with van der Waals surface area (Å²) in [6, 6.07) is 6.56. The second-order valence-corrected chi connectivity index (χ2v) is 3.50. The maximum Gasteiger partial charge on any atom is 0.345 e. The van der Waals surface area contributed by atoms with E-state index in [4.69, 9.17) is 0 Å². The van der Waals surface area contributed by atoms with Gasteiger partial charge in [-0.15, -0.1) is 0 Å². The van der Waals surface area contributed by atoms with Gasteiger partial charge in [-0.05, 0) is 24.3 Å². The highest BCUT2D eigenvalue weighted by Gasteiger charge is 1.97. The molecule has 2 amide bonds. The van der Waals surface area contributed by atoms with Gasteiger partial charge in [0.2, 0.25) is 0 Å². The summed E-state index contributed by atoms with van der Waals surface area (Å²) in [7, 11) is 1.90. The fourth-order valence-corrected chi connectivity index (χ4v) is 1.27. The van der Waals surface area contributed by atoms with Crippen LogP contribution in [0.15, 0.2) is 54.0 Å². The maximum atomic E-state index is 11.6. The molecule has 0 fully saturated rings. The third kappa shape index (κ3) is 3.27. The quantitative estimate of drug-likeness (QED) is 0.805. The smallest absolute Gasteiger partial charge is 0.345 e. The molecule has 17 heavy (non-hydrogen) atoms. The minimum atomic E-state index is -0.398. The number of urea groups is 1. The molecule has 86 valence electrons. The van der Waals surface area contributed by atoms with Crippen LogP contribution in [0.5, 0.6) is 0 Å². The lowest BCUT2D eigenvalue weighted by Crippen LogP contribution is -2.12. The van der Waals surface area contributed by atoms with Crippen molar-refractivity contribution >= 4 is 11.7 Å². The van der Waals surface area contributed by atoms with E-state index < -0.39 is 6.03 Å². The van der Waals surface area contributed by atoms with Gasteiger partial charge in [0.25, 0.3) is 0 Å². The standard InChI is InChI=1S/C12H12N4O/c1-16-8-4-11(5-9-16)15-12(17)14-10-2-6-13-7-3-10/h2-9H,1H3,(H,13,14,17). The molecule has 2 aromatic heterocycles. The predicted molar refractivity (Wildman–Crippen MR) is 64.2 cm³/mol. The highest BCUT2D eigenvalue weighted by molar-refractivity contribution is 5.89. The Morgan fingerprint density at radius 1 is 1.24 bits per heavy atom. The van der Waals surface area contributed by atoms with Crippen LogP contribution in [-0.2, 0) is 7.05 Å². The minimum absolute atomic E-state index is 0.398. The molecule has 0 saturated carbocycles. The Labute approximate surface area is 98.5 Å². The number of carbonyl (C=O) groups excluding carboxylic acids is 1. The molecular weight excluding hydrogens is 216 g/mol. The fourth-order valence-electron chi connectivity index (χ4n) is 1.27. The lowest BCUT2D eigenvalue weighted by atomic mass is 10.4. The second-order valence-electron chi connectivity index (χ2n) is 3.50. The van der Waals surface area contributed by atoms with Crippen molar-refractivity contribution in [2.45, 2.75) is 0 Å². The minimum Gasteiger partial charge on any atom is -0.357 e. The summed E-state index contributed by atoms with van der Waals surface area (Å²) in [6.07, 6.45) is 6.88. The van der Waals surface area contributed by atoms with Gasteiger partial charge in [0, 0.05) is 37.5 Å². The molecule has 0 unspecified atom stereocenters. The summed E-state index contributed by atoms with van der Waals surface area (Å²) in [5, 5.41) is 3.27. The van der Waals surface area contributed by atoms with E-state index in [1.165, 1.54) is 0 Å². The molecule has 0 radical (unpaired) electrons. The Hall–Kier alpha value is -2.43. The number of nitrogens with one attached hydrogen (secondary N) is 1. The summed E-state index contributed by atoms with van der Waals surface area (Å²) >= 11 is 0. The molecular formula is C12H12N4O. The van der Waals surface area contributed by atoms with Crippen molar-refractivity contribution in [3.05, 3.63) is 54.4 Å². The van der Waals surface area contributed by atoms with Gasteiger partial charge in [0.05, 0.1) is 5.36 Å². The molecule has 0 saturated heterocycles. The molecule has 0 atom stereocenters. The first kappa shape index (κ1) is 11.1. The van der Waals surface area contributed by atoms with Crippen molar-refractivity contribution in [3.63, 3.8) is 0 Å². The molecule has 0 bridgehead atoms. The maximum absolute atomic E-state index is 11.6. The number of aryl methyl sites for hydroxylation is 1. The Balaban J connectivity index is 2.12. The first-order chi connectivity index (χ1) is 8.24. The average Bonchev–Trinajstić information content (AvgIpc) is 2.33.